The number of nitrogens with one attached hydrogen (secondary N) is 1. The van der Waals surface area contributed by atoms with Crippen molar-refractivity contribution in [3.63, 3.8) is 0 Å². The van der Waals surface area contributed by atoms with Gasteiger partial charge in [-0.15, -0.1) is 0 Å². The molecule has 1 aliphatic heterocycles. The Bertz CT molecular complexity index is 335. The van der Waals surface area contributed by atoms with Gasteiger partial charge in [0.1, 0.15) is 5.75 Å². The van der Waals surface area contributed by atoms with Gasteiger partial charge in [-0.2, -0.15) is 0 Å². The first-order valence-electron chi connectivity index (χ1n) is 4.28. The highest BCUT2D eigenvalue weighted by atomic mass is 16.5. The van der Waals surface area contributed by atoms with Crippen LogP contribution in [0, 0.1) is 0 Å². The van der Waals surface area contributed by atoms with Crippen molar-refractivity contribution in [2.75, 3.05) is 6.61 Å². The summed E-state index contributed by atoms with van der Waals surface area (Å²) in [6, 6.07) is 7.72. The maximum atomic E-state index is 11.1. The van der Waals surface area contributed by atoms with E-state index in [2.05, 4.69) is 5.32 Å². The lowest BCUT2D eigenvalue weighted by Gasteiger charge is -2.10. The van der Waals surface area contributed by atoms with Crippen molar-refractivity contribution in [3.05, 3.63) is 29.8 Å². The van der Waals surface area contributed by atoms with E-state index in [0.717, 1.165) is 11.3 Å². The second-order valence-corrected chi connectivity index (χ2v) is 3.12. The lowest BCUT2D eigenvalue weighted by molar-refractivity contribution is -0.123. The predicted molar refractivity (Wildman–Crippen MR) is 48.5 cm³/mol. The highest BCUT2D eigenvalue weighted by Crippen LogP contribution is 2.26. The second-order valence-electron chi connectivity index (χ2n) is 3.12. The summed E-state index contributed by atoms with van der Waals surface area (Å²) in [6.45, 7) is 2.06. The topological polar surface area (TPSA) is 38.3 Å². The Morgan fingerprint density at radius 3 is 3.08 bits per heavy atom. The molecule has 1 unspecified atom stereocenters. The van der Waals surface area contributed by atoms with Crippen LogP contribution in [0.3, 0.4) is 0 Å². The standard InChI is InChI=1S/C10H11NO2/c1-7-8-4-2-3-5-9(8)13-6-10(12)11-7/h2-5,7H,6H2,1H3,(H,11,12). The monoisotopic (exact) mass is 177 g/mol. The fourth-order valence-electron chi connectivity index (χ4n) is 1.47. The maximum absolute atomic E-state index is 11.1. The van der Waals surface area contributed by atoms with Crippen molar-refractivity contribution in [1.82, 2.24) is 5.32 Å². The molecule has 2 rings (SSSR count). The Balaban J connectivity index is 2.40. The molecular weight excluding hydrogens is 166 g/mol. The number of benzene rings is 1. The zero-order valence-corrected chi connectivity index (χ0v) is 7.41. The van der Waals surface area contributed by atoms with Crippen LogP contribution in [-0.4, -0.2) is 12.5 Å². The van der Waals surface area contributed by atoms with Gasteiger partial charge >= 0.3 is 0 Å². The molecule has 0 aromatic heterocycles. The summed E-state index contributed by atoms with van der Waals surface area (Å²) in [6.07, 6.45) is 0. The number of carbonyl (C=O) groups is 1. The number of hydrogen-bond donors (Lipinski definition) is 1. The molecule has 1 aromatic carbocycles. The number of hydrogen-bond acceptors (Lipinski definition) is 2. The van der Waals surface area contributed by atoms with Crippen molar-refractivity contribution < 1.29 is 9.53 Å². The largest absolute Gasteiger partial charge is 0.483 e. The first kappa shape index (κ1) is 8.10. The molecule has 1 heterocycles. The SMILES string of the molecule is CC1NC(=O)COc2ccccc21. The number of para-hydroxylation sites is 1. The summed E-state index contributed by atoms with van der Waals surface area (Å²) in [4.78, 5) is 11.1. The Morgan fingerprint density at radius 1 is 1.46 bits per heavy atom. The lowest BCUT2D eigenvalue weighted by atomic mass is 10.1. The van der Waals surface area contributed by atoms with Crippen LogP contribution in [0.25, 0.3) is 0 Å². The highest BCUT2D eigenvalue weighted by molar-refractivity contribution is 5.78. The average molecular weight is 177 g/mol. The predicted octanol–water partition coefficient (Wildman–Crippen LogP) is 1.26. The fraction of sp³-hybridized carbons (Fsp3) is 0.300. The van der Waals surface area contributed by atoms with Gasteiger partial charge in [0, 0.05) is 5.56 Å². The van der Waals surface area contributed by atoms with Gasteiger partial charge in [-0.1, -0.05) is 18.2 Å². The van der Waals surface area contributed by atoms with Gasteiger partial charge in [-0.3, -0.25) is 4.79 Å². The molecule has 1 atom stereocenters. The van der Waals surface area contributed by atoms with Crippen LogP contribution in [0.15, 0.2) is 24.3 Å². The number of rotatable bonds is 0. The molecule has 0 aliphatic carbocycles. The fourth-order valence-corrected chi connectivity index (χ4v) is 1.47. The van der Waals surface area contributed by atoms with Gasteiger partial charge in [-0.05, 0) is 13.0 Å². The van der Waals surface area contributed by atoms with Crippen LogP contribution >= 0.6 is 0 Å². The Labute approximate surface area is 76.7 Å². The molecule has 68 valence electrons. The summed E-state index contributed by atoms with van der Waals surface area (Å²) < 4.78 is 5.32. The molecule has 0 bridgehead atoms. The Morgan fingerprint density at radius 2 is 2.23 bits per heavy atom. The number of carbonyl (C=O) groups excluding carboxylic acids is 1. The first-order valence-corrected chi connectivity index (χ1v) is 4.28. The van der Waals surface area contributed by atoms with Crippen molar-refractivity contribution in [2.24, 2.45) is 0 Å². The van der Waals surface area contributed by atoms with Gasteiger partial charge in [0.05, 0.1) is 6.04 Å². The number of ether oxygens (including phenoxy) is 1. The molecule has 0 saturated carbocycles. The van der Waals surface area contributed by atoms with Gasteiger partial charge in [0.25, 0.3) is 5.91 Å². The highest BCUT2D eigenvalue weighted by Gasteiger charge is 2.18. The van der Waals surface area contributed by atoms with E-state index < -0.39 is 0 Å². The van der Waals surface area contributed by atoms with Gasteiger partial charge in [0.2, 0.25) is 0 Å². The van der Waals surface area contributed by atoms with E-state index in [0.29, 0.717) is 0 Å². The van der Waals surface area contributed by atoms with E-state index in [4.69, 9.17) is 4.74 Å². The summed E-state index contributed by atoms with van der Waals surface area (Å²) in [5, 5.41) is 2.83. The van der Waals surface area contributed by atoms with E-state index in [1.165, 1.54) is 0 Å². The molecule has 1 aromatic rings. The van der Waals surface area contributed by atoms with Crippen LogP contribution < -0.4 is 10.1 Å². The third-order valence-electron chi connectivity index (χ3n) is 2.12. The minimum atomic E-state index is -0.0660. The van der Waals surface area contributed by atoms with Gasteiger partial charge in [-0.25, -0.2) is 0 Å². The lowest BCUT2D eigenvalue weighted by Crippen LogP contribution is -2.28. The molecule has 0 spiro atoms. The molecule has 13 heavy (non-hydrogen) atoms. The van der Waals surface area contributed by atoms with Crippen LogP contribution in [0.2, 0.25) is 0 Å². The summed E-state index contributed by atoms with van der Waals surface area (Å²) in [5.41, 5.74) is 1.04. The van der Waals surface area contributed by atoms with E-state index in [9.17, 15) is 4.79 Å². The quantitative estimate of drug-likeness (QED) is 0.647. The first-order chi connectivity index (χ1) is 6.27. The van der Waals surface area contributed by atoms with Gasteiger partial charge < -0.3 is 10.1 Å². The maximum Gasteiger partial charge on any atom is 0.258 e. The van der Waals surface area contributed by atoms with Crippen molar-refractivity contribution in [1.29, 1.82) is 0 Å². The van der Waals surface area contributed by atoms with Gasteiger partial charge in [0.15, 0.2) is 6.61 Å². The van der Waals surface area contributed by atoms with E-state index >= 15 is 0 Å². The molecule has 1 N–H and O–H groups in total. The molecule has 0 fully saturated rings. The molecule has 3 nitrogen and oxygen atoms in total. The molecule has 0 radical (unpaired) electrons. The molecule has 1 aliphatic rings. The summed E-state index contributed by atoms with van der Waals surface area (Å²) in [5.74, 6) is 0.733. The Kier molecular flexibility index (Phi) is 1.93. The van der Waals surface area contributed by atoms with Crippen LogP contribution in [0.4, 0.5) is 0 Å². The second kappa shape index (κ2) is 3.09. The minimum Gasteiger partial charge on any atom is -0.483 e. The van der Waals surface area contributed by atoms with E-state index in [1.54, 1.807) is 0 Å². The third-order valence-corrected chi connectivity index (χ3v) is 2.12. The van der Waals surface area contributed by atoms with Crippen molar-refractivity contribution >= 4 is 5.91 Å². The van der Waals surface area contributed by atoms with Crippen molar-refractivity contribution in [3.8, 4) is 5.75 Å². The minimum absolute atomic E-state index is 0.0335. The summed E-state index contributed by atoms with van der Waals surface area (Å²) >= 11 is 0. The zero-order chi connectivity index (χ0) is 9.26. The van der Waals surface area contributed by atoms with E-state index in [1.807, 2.05) is 31.2 Å². The molecular formula is C10H11NO2. The van der Waals surface area contributed by atoms with Crippen LogP contribution in [0.1, 0.15) is 18.5 Å². The average Bonchev–Trinajstić information content (AvgIpc) is 2.27. The Hall–Kier alpha value is -1.51. The van der Waals surface area contributed by atoms with Crippen LogP contribution in [-0.2, 0) is 4.79 Å². The molecule has 1 amide bonds. The van der Waals surface area contributed by atoms with Crippen LogP contribution in [0.5, 0.6) is 5.75 Å². The molecule has 0 saturated heterocycles. The molecule has 3 heteroatoms. The normalized spacial score (nSPS) is 21.0. The van der Waals surface area contributed by atoms with E-state index in [-0.39, 0.29) is 18.6 Å². The number of amides is 1. The third kappa shape index (κ3) is 1.49. The smallest absolute Gasteiger partial charge is 0.258 e. The number of fused-ring (bicyclic) bond motifs is 1. The zero-order valence-electron chi connectivity index (χ0n) is 7.41. The van der Waals surface area contributed by atoms with Crippen molar-refractivity contribution in [2.45, 2.75) is 13.0 Å². The summed E-state index contributed by atoms with van der Waals surface area (Å²) in [7, 11) is 0.